The molecule has 2 fully saturated rings. The lowest BCUT2D eigenvalue weighted by molar-refractivity contribution is -0.143. The van der Waals surface area contributed by atoms with Crippen LogP contribution in [-0.4, -0.2) is 51.6 Å². The quantitative estimate of drug-likeness (QED) is 0.367. The zero-order valence-corrected chi connectivity index (χ0v) is 25.0. The van der Waals surface area contributed by atoms with Gasteiger partial charge in [-0.05, 0) is 89.1 Å². The third kappa shape index (κ3) is 8.47. The molecule has 2 atom stereocenters. The van der Waals surface area contributed by atoms with Crippen molar-refractivity contribution in [3.63, 3.8) is 0 Å². The van der Waals surface area contributed by atoms with Gasteiger partial charge in [-0.2, -0.15) is 0 Å². The van der Waals surface area contributed by atoms with Gasteiger partial charge in [-0.15, -0.1) is 0 Å². The van der Waals surface area contributed by atoms with E-state index in [0.29, 0.717) is 0 Å². The number of benzene rings is 2. The first-order valence-electron chi connectivity index (χ1n) is 14.9. The van der Waals surface area contributed by atoms with E-state index < -0.39 is 23.8 Å². The van der Waals surface area contributed by atoms with E-state index in [0.717, 1.165) is 60.8 Å². The second kappa shape index (κ2) is 13.0. The first kappa shape index (κ1) is 30.4. The molecule has 2 saturated carbocycles. The lowest BCUT2D eigenvalue weighted by Gasteiger charge is -2.36. The minimum absolute atomic E-state index is 0.0911. The van der Waals surface area contributed by atoms with Crippen LogP contribution in [0.25, 0.3) is 0 Å². The van der Waals surface area contributed by atoms with Crippen molar-refractivity contribution in [2.75, 3.05) is 0 Å². The maximum absolute atomic E-state index is 14.5. The molecule has 222 valence electrons. The molecule has 2 aromatic rings. The summed E-state index contributed by atoms with van der Waals surface area (Å²) < 4.78 is 5.52. The molecular formula is C33H45N3O5. The summed E-state index contributed by atoms with van der Waals surface area (Å²) in [5.74, 6) is -0.384. The number of hydrogen-bond donors (Lipinski definition) is 3. The Morgan fingerprint density at radius 1 is 0.976 bits per heavy atom. The Balaban J connectivity index is 1.70. The van der Waals surface area contributed by atoms with Crippen LogP contribution in [0.5, 0.6) is 5.75 Å². The van der Waals surface area contributed by atoms with Crippen molar-refractivity contribution < 1.29 is 24.2 Å². The largest absolute Gasteiger partial charge is 0.508 e. The summed E-state index contributed by atoms with van der Waals surface area (Å²) in [4.78, 5) is 43.3. The summed E-state index contributed by atoms with van der Waals surface area (Å²) >= 11 is 0. The number of aromatic hydroxyl groups is 1. The van der Waals surface area contributed by atoms with E-state index in [4.69, 9.17) is 4.74 Å². The molecule has 2 aromatic carbocycles. The van der Waals surface area contributed by atoms with E-state index in [9.17, 15) is 19.5 Å². The average molecular weight is 564 g/mol. The number of phenolic OH excluding ortho intramolecular Hbond substituents is 1. The van der Waals surface area contributed by atoms with Crippen LogP contribution >= 0.6 is 0 Å². The van der Waals surface area contributed by atoms with Gasteiger partial charge in [0, 0.05) is 18.5 Å². The molecule has 0 radical (unpaired) electrons. The van der Waals surface area contributed by atoms with Crippen LogP contribution < -0.4 is 10.6 Å². The molecule has 41 heavy (non-hydrogen) atoms. The highest BCUT2D eigenvalue weighted by atomic mass is 16.6. The molecule has 2 aliphatic carbocycles. The standard InChI is InChI=1S/C33H45N3O5/c1-21-11-18-27(22(2)19-21)29(30(38)34-24-9-7-6-8-10-24)36(25-14-15-25)31(39)28(35-32(40)41-33(3,4)5)20-23-12-16-26(37)17-13-23/h11-13,16-19,24-25,28-29,37H,6-10,14-15,20H2,1-5H3,(H,34,38)(H,35,40). The molecule has 8 heteroatoms. The number of alkyl carbamates (subject to hydrolysis) is 1. The van der Waals surface area contributed by atoms with Crippen molar-refractivity contribution >= 4 is 17.9 Å². The SMILES string of the molecule is Cc1ccc(C(C(=O)NC2CCCCC2)N(C(=O)C(Cc2ccc(O)cc2)NC(=O)OC(C)(C)C)C2CC2)c(C)c1. The van der Waals surface area contributed by atoms with Crippen LogP contribution in [0, 0.1) is 13.8 Å². The predicted octanol–water partition coefficient (Wildman–Crippen LogP) is 5.63. The van der Waals surface area contributed by atoms with Gasteiger partial charge in [-0.3, -0.25) is 9.59 Å². The minimum atomic E-state index is -0.967. The number of nitrogens with one attached hydrogen (secondary N) is 2. The lowest BCUT2D eigenvalue weighted by atomic mass is 9.93. The molecule has 3 N–H and O–H groups in total. The highest BCUT2D eigenvalue weighted by Crippen LogP contribution is 2.37. The predicted molar refractivity (Wildman–Crippen MR) is 159 cm³/mol. The molecule has 2 aliphatic rings. The van der Waals surface area contributed by atoms with Crippen LogP contribution in [0.15, 0.2) is 42.5 Å². The van der Waals surface area contributed by atoms with Crippen molar-refractivity contribution in [1.29, 1.82) is 0 Å². The highest BCUT2D eigenvalue weighted by molar-refractivity contribution is 5.93. The number of carbonyl (C=O) groups is 3. The third-order valence-corrected chi connectivity index (χ3v) is 7.76. The van der Waals surface area contributed by atoms with E-state index in [1.807, 2.05) is 32.0 Å². The maximum atomic E-state index is 14.5. The topological polar surface area (TPSA) is 108 Å². The molecule has 0 aliphatic heterocycles. The molecule has 2 unspecified atom stereocenters. The number of nitrogens with zero attached hydrogens (tertiary/aromatic N) is 1. The summed E-state index contributed by atoms with van der Waals surface area (Å²) in [5.41, 5.74) is 2.85. The zero-order chi connectivity index (χ0) is 29.7. The average Bonchev–Trinajstić information content (AvgIpc) is 3.73. The fourth-order valence-electron chi connectivity index (χ4n) is 5.65. The minimum Gasteiger partial charge on any atom is -0.508 e. The molecule has 0 spiro atoms. The van der Waals surface area contributed by atoms with Crippen molar-refractivity contribution in [2.24, 2.45) is 0 Å². The van der Waals surface area contributed by atoms with Gasteiger partial charge in [0.1, 0.15) is 23.4 Å². The van der Waals surface area contributed by atoms with Gasteiger partial charge in [0.05, 0.1) is 0 Å². The Morgan fingerprint density at radius 2 is 1.63 bits per heavy atom. The van der Waals surface area contributed by atoms with Gasteiger partial charge < -0.3 is 25.4 Å². The number of aryl methyl sites for hydroxylation is 2. The highest BCUT2D eigenvalue weighted by Gasteiger charge is 2.45. The lowest BCUT2D eigenvalue weighted by Crippen LogP contribution is -2.55. The van der Waals surface area contributed by atoms with Crippen LogP contribution in [0.4, 0.5) is 4.79 Å². The summed E-state index contributed by atoms with van der Waals surface area (Å²) in [6.45, 7) is 9.30. The summed E-state index contributed by atoms with van der Waals surface area (Å²) in [5, 5.41) is 15.8. The number of amides is 3. The first-order chi connectivity index (χ1) is 19.4. The van der Waals surface area contributed by atoms with E-state index in [1.54, 1.807) is 49.9 Å². The van der Waals surface area contributed by atoms with Crippen LogP contribution in [0.2, 0.25) is 0 Å². The van der Waals surface area contributed by atoms with Gasteiger partial charge >= 0.3 is 6.09 Å². The summed E-state index contributed by atoms with van der Waals surface area (Å²) in [6.07, 6.45) is 6.29. The molecule has 4 rings (SSSR count). The van der Waals surface area contributed by atoms with Gasteiger partial charge in [0.25, 0.3) is 0 Å². The van der Waals surface area contributed by atoms with Crippen molar-refractivity contribution in [3.8, 4) is 5.75 Å². The second-order valence-corrected chi connectivity index (χ2v) is 12.7. The number of phenols is 1. The summed E-state index contributed by atoms with van der Waals surface area (Å²) in [7, 11) is 0. The van der Waals surface area contributed by atoms with E-state index in [1.165, 1.54) is 6.42 Å². The van der Waals surface area contributed by atoms with Crippen molar-refractivity contribution in [1.82, 2.24) is 15.5 Å². The van der Waals surface area contributed by atoms with Crippen molar-refractivity contribution in [2.45, 2.75) is 116 Å². The molecular weight excluding hydrogens is 518 g/mol. The normalized spacial score (nSPS) is 17.3. The Kier molecular flexibility index (Phi) is 9.61. The Bertz CT molecular complexity index is 1230. The van der Waals surface area contributed by atoms with Crippen LogP contribution in [-0.2, 0) is 20.7 Å². The van der Waals surface area contributed by atoms with E-state index >= 15 is 0 Å². The van der Waals surface area contributed by atoms with E-state index in [2.05, 4.69) is 10.6 Å². The summed E-state index contributed by atoms with van der Waals surface area (Å²) in [6, 6.07) is 10.7. The van der Waals surface area contributed by atoms with E-state index in [-0.39, 0.29) is 36.1 Å². The first-order valence-corrected chi connectivity index (χ1v) is 14.9. The van der Waals surface area contributed by atoms with Gasteiger partial charge in [0.2, 0.25) is 11.8 Å². The zero-order valence-electron chi connectivity index (χ0n) is 25.0. The van der Waals surface area contributed by atoms with Gasteiger partial charge in [0.15, 0.2) is 0 Å². The van der Waals surface area contributed by atoms with Crippen LogP contribution in [0.3, 0.4) is 0 Å². The fourth-order valence-corrected chi connectivity index (χ4v) is 5.65. The van der Waals surface area contributed by atoms with Gasteiger partial charge in [-0.25, -0.2) is 4.79 Å². The Labute approximate surface area is 243 Å². The number of ether oxygens (including phenoxy) is 1. The van der Waals surface area contributed by atoms with Crippen LogP contribution in [0.1, 0.15) is 94.0 Å². The molecule has 8 nitrogen and oxygen atoms in total. The van der Waals surface area contributed by atoms with Gasteiger partial charge in [-0.1, -0.05) is 55.2 Å². The molecule has 0 heterocycles. The fraction of sp³-hybridized carbons (Fsp3) is 0.545. The number of carbonyl (C=O) groups excluding carboxylic acids is 3. The Morgan fingerprint density at radius 3 is 2.22 bits per heavy atom. The maximum Gasteiger partial charge on any atom is 0.408 e. The smallest absolute Gasteiger partial charge is 0.408 e. The van der Waals surface area contributed by atoms with Crippen molar-refractivity contribution in [3.05, 3.63) is 64.7 Å². The third-order valence-electron chi connectivity index (χ3n) is 7.76. The molecule has 0 bridgehead atoms. The number of hydrogen-bond acceptors (Lipinski definition) is 5. The molecule has 3 amide bonds. The molecule has 0 saturated heterocycles. The second-order valence-electron chi connectivity index (χ2n) is 12.7. The molecule has 0 aromatic heterocycles. The Hall–Kier alpha value is -3.55. The number of rotatable bonds is 9. The monoisotopic (exact) mass is 563 g/mol.